The minimum Gasteiger partial charge on any atom is -0.508 e. The van der Waals surface area contributed by atoms with Crippen LogP contribution in [0.1, 0.15) is 41.3 Å². The lowest BCUT2D eigenvalue weighted by Crippen LogP contribution is -1.94. The second-order valence-electron chi connectivity index (χ2n) is 5.83. The van der Waals surface area contributed by atoms with Crippen molar-refractivity contribution in [2.24, 2.45) is 0 Å². The molecule has 3 aromatic rings. The Labute approximate surface area is 148 Å². The zero-order valence-corrected chi connectivity index (χ0v) is 14.4. The Bertz CT molecular complexity index is 745. The van der Waals surface area contributed by atoms with Gasteiger partial charge in [0, 0.05) is 11.5 Å². The van der Waals surface area contributed by atoms with Crippen LogP contribution in [0.4, 0.5) is 0 Å². The Balaban J connectivity index is 0.000000212. The van der Waals surface area contributed by atoms with Crippen molar-refractivity contribution in [3.05, 3.63) is 95.6 Å². The summed E-state index contributed by atoms with van der Waals surface area (Å²) in [6, 6.07) is 23.6. The molecule has 0 aliphatic rings. The molecule has 0 saturated heterocycles. The molecule has 3 aromatic carbocycles. The molecule has 3 nitrogen and oxygen atoms in total. The van der Waals surface area contributed by atoms with E-state index in [1.54, 1.807) is 31.2 Å². The van der Waals surface area contributed by atoms with Crippen molar-refractivity contribution in [1.29, 1.82) is 0 Å². The average Bonchev–Trinajstić information content (AvgIpc) is 2.64. The maximum Gasteiger partial charge on any atom is 0.159 e. The molecule has 128 valence electrons. The van der Waals surface area contributed by atoms with Crippen LogP contribution in [0.25, 0.3) is 0 Å². The predicted octanol–water partition coefficient (Wildman–Crippen LogP) is 5.14. The Kier molecular flexibility index (Phi) is 6.35. The first-order chi connectivity index (χ1) is 12.0. The van der Waals surface area contributed by atoms with Crippen LogP contribution in [-0.4, -0.2) is 16.0 Å². The zero-order valence-electron chi connectivity index (χ0n) is 14.4. The summed E-state index contributed by atoms with van der Waals surface area (Å²) < 4.78 is 0. The molecule has 0 aliphatic carbocycles. The number of carbonyl (C=O) groups is 1. The Morgan fingerprint density at radius 3 is 1.44 bits per heavy atom. The number of rotatable bonds is 3. The number of aromatic hydroxyl groups is 2. The van der Waals surface area contributed by atoms with Crippen LogP contribution in [0.15, 0.2) is 78.9 Å². The number of carbonyl (C=O) groups excluding carboxylic acids is 1. The zero-order chi connectivity index (χ0) is 18.2. The van der Waals surface area contributed by atoms with E-state index in [0.717, 1.165) is 16.7 Å². The van der Waals surface area contributed by atoms with E-state index in [1.165, 1.54) is 0 Å². The van der Waals surface area contributed by atoms with Crippen LogP contribution in [0, 0.1) is 0 Å². The van der Waals surface area contributed by atoms with E-state index < -0.39 is 0 Å². The molecule has 0 atom stereocenters. The van der Waals surface area contributed by atoms with E-state index in [4.69, 9.17) is 0 Å². The summed E-state index contributed by atoms with van der Waals surface area (Å²) >= 11 is 0. The molecule has 3 heteroatoms. The number of benzene rings is 3. The quantitative estimate of drug-likeness (QED) is 0.652. The number of ketones is 1. The number of hydrogen-bond acceptors (Lipinski definition) is 3. The fourth-order valence-electron chi connectivity index (χ4n) is 2.39. The van der Waals surface area contributed by atoms with Crippen LogP contribution in [-0.2, 0) is 0 Å². The maximum absolute atomic E-state index is 10.6. The lowest BCUT2D eigenvalue weighted by atomic mass is 9.93. The SMILES string of the molecule is CC(=O)c1ccccc1.CC(c1ccc(O)cc1)c1ccc(O)cc1. The molecule has 0 aromatic heterocycles. The summed E-state index contributed by atoms with van der Waals surface area (Å²) in [5.41, 5.74) is 3.06. The largest absolute Gasteiger partial charge is 0.508 e. The average molecular weight is 334 g/mol. The monoisotopic (exact) mass is 334 g/mol. The molecule has 0 amide bonds. The molecule has 0 heterocycles. The van der Waals surface area contributed by atoms with Crippen LogP contribution < -0.4 is 0 Å². The molecule has 0 saturated carbocycles. The van der Waals surface area contributed by atoms with E-state index in [-0.39, 0.29) is 23.2 Å². The van der Waals surface area contributed by atoms with Gasteiger partial charge in [-0.2, -0.15) is 0 Å². The highest BCUT2D eigenvalue weighted by molar-refractivity contribution is 5.93. The van der Waals surface area contributed by atoms with Crippen LogP contribution in [0.2, 0.25) is 0 Å². The first-order valence-electron chi connectivity index (χ1n) is 8.11. The third kappa shape index (κ3) is 5.50. The number of hydrogen-bond donors (Lipinski definition) is 2. The molecule has 0 radical (unpaired) electrons. The van der Waals surface area contributed by atoms with Gasteiger partial charge in [-0.15, -0.1) is 0 Å². The number of Topliss-reactive ketones (excluding diaryl/α,β-unsaturated/α-hetero) is 1. The van der Waals surface area contributed by atoms with E-state index in [9.17, 15) is 15.0 Å². The van der Waals surface area contributed by atoms with Gasteiger partial charge in [0.2, 0.25) is 0 Å². The second kappa shape index (κ2) is 8.69. The molecule has 0 spiro atoms. The highest BCUT2D eigenvalue weighted by atomic mass is 16.3. The maximum atomic E-state index is 10.6. The number of phenolic OH excluding ortho intramolecular Hbond substituents is 2. The van der Waals surface area contributed by atoms with E-state index in [0.29, 0.717) is 0 Å². The topological polar surface area (TPSA) is 57.5 Å². The van der Waals surface area contributed by atoms with Gasteiger partial charge in [0.25, 0.3) is 0 Å². The fraction of sp³-hybridized carbons (Fsp3) is 0.136. The van der Waals surface area contributed by atoms with Gasteiger partial charge in [-0.3, -0.25) is 4.79 Å². The van der Waals surface area contributed by atoms with Crippen molar-refractivity contribution in [2.45, 2.75) is 19.8 Å². The normalized spacial score (nSPS) is 10.0. The van der Waals surface area contributed by atoms with Crippen molar-refractivity contribution in [3.8, 4) is 11.5 Å². The Morgan fingerprint density at radius 2 is 1.12 bits per heavy atom. The molecular weight excluding hydrogens is 312 g/mol. The predicted molar refractivity (Wildman–Crippen MR) is 100 cm³/mol. The summed E-state index contributed by atoms with van der Waals surface area (Å²) in [5.74, 6) is 0.931. The Morgan fingerprint density at radius 1 is 0.720 bits per heavy atom. The van der Waals surface area contributed by atoms with Gasteiger partial charge in [-0.05, 0) is 42.3 Å². The third-order valence-electron chi connectivity index (χ3n) is 3.97. The highest BCUT2D eigenvalue weighted by Crippen LogP contribution is 2.26. The van der Waals surface area contributed by atoms with Gasteiger partial charge in [-0.1, -0.05) is 61.5 Å². The van der Waals surface area contributed by atoms with E-state index >= 15 is 0 Å². The first kappa shape index (κ1) is 18.3. The van der Waals surface area contributed by atoms with Crippen LogP contribution >= 0.6 is 0 Å². The van der Waals surface area contributed by atoms with Crippen molar-refractivity contribution in [3.63, 3.8) is 0 Å². The lowest BCUT2D eigenvalue weighted by Gasteiger charge is -2.12. The van der Waals surface area contributed by atoms with E-state index in [1.807, 2.05) is 54.6 Å². The van der Waals surface area contributed by atoms with Gasteiger partial charge in [0.1, 0.15) is 11.5 Å². The van der Waals surface area contributed by atoms with Crippen molar-refractivity contribution in [2.75, 3.05) is 0 Å². The molecular formula is C22H22O3. The minimum atomic E-state index is 0.121. The minimum absolute atomic E-state index is 0.121. The molecule has 2 N–H and O–H groups in total. The van der Waals surface area contributed by atoms with Gasteiger partial charge in [-0.25, -0.2) is 0 Å². The van der Waals surface area contributed by atoms with Gasteiger partial charge >= 0.3 is 0 Å². The van der Waals surface area contributed by atoms with Crippen molar-refractivity contribution >= 4 is 5.78 Å². The number of phenols is 2. The van der Waals surface area contributed by atoms with Gasteiger partial charge < -0.3 is 10.2 Å². The Hall–Kier alpha value is -3.07. The summed E-state index contributed by atoms with van der Waals surface area (Å²) in [5, 5.41) is 18.4. The lowest BCUT2D eigenvalue weighted by molar-refractivity contribution is 0.101. The highest BCUT2D eigenvalue weighted by Gasteiger charge is 2.07. The summed E-state index contributed by atoms with van der Waals surface area (Å²) in [4.78, 5) is 10.6. The summed E-state index contributed by atoms with van der Waals surface area (Å²) in [6.07, 6.45) is 0. The second-order valence-corrected chi connectivity index (χ2v) is 5.83. The van der Waals surface area contributed by atoms with Crippen molar-refractivity contribution < 1.29 is 15.0 Å². The molecule has 0 aliphatic heterocycles. The van der Waals surface area contributed by atoms with Gasteiger partial charge in [0.05, 0.1) is 0 Å². The molecule has 0 bridgehead atoms. The third-order valence-corrected chi connectivity index (χ3v) is 3.97. The van der Waals surface area contributed by atoms with Crippen LogP contribution in [0.3, 0.4) is 0 Å². The fourth-order valence-corrected chi connectivity index (χ4v) is 2.39. The first-order valence-corrected chi connectivity index (χ1v) is 8.11. The summed E-state index contributed by atoms with van der Waals surface area (Å²) in [7, 11) is 0. The molecule has 3 rings (SSSR count). The smallest absolute Gasteiger partial charge is 0.159 e. The molecule has 0 unspecified atom stereocenters. The standard InChI is InChI=1S/C14H14O2.C8H8O/c1-10(11-2-6-13(15)7-3-11)12-4-8-14(16)9-5-12;1-7(9)8-5-3-2-4-6-8/h2-10,15-16H,1H3;2-6H,1H3. The van der Waals surface area contributed by atoms with Crippen molar-refractivity contribution in [1.82, 2.24) is 0 Å². The molecule has 0 fully saturated rings. The molecule has 25 heavy (non-hydrogen) atoms. The van der Waals surface area contributed by atoms with Crippen LogP contribution in [0.5, 0.6) is 11.5 Å². The van der Waals surface area contributed by atoms with E-state index in [2.05, 4.69) is 6.92 Å². The summed E-state index contributed by atoms with van der Waals surface area (Å²) in [6.45, 7) is 3.66. The van der Waals surface area contributed by atoms with Gasteiger partial charge in [0.15, 0.2) is 5.78 Å².